The third kappa shape index (κ3) is 3.87. The van der Waals surface area contributed by atoms with Crippen molar-refractivity contribution < 1.29 is 19.4 Å². The van der Waals surface area contributed by atoms with Crippen LogP contribution in [0.25, 0.3) is 0 Å². The number of imide groups is 1. The molecule has 1 aliphatic heterocycles. The molecule has 2 aliphatic rings. The maximum atomic E-state index is 13.1. The van der Waals surface area contributed by atoms with Gasteiger partial charge in [0.1, 0.15) is 24.0 Å². The van der Waals surface area contributed by atoms with E-state index in [0.29, 0.717) is 15.8 Å². The number of amides is 3. The fourth-order valence-electron chi connectivity index (χ4n) is 3.98. The number of β-amino-alcohol motifs (C(OH)–C–C–N with tert-alkyl or cyclic N) is 1. The Morgan fingerprint density at radius 1 is 1.17 bits per heavy atom. The number of nitrogens with one attached hydrogen (secondary N) is 1. The lowest BCUT2D eigenvalue weighted by molar-refractivity contribution is -0.132. The summed E-state index contributed by atoms with van der Waals surface area (Å²) in [6.07, 6.45) is 2.05. The van der Waals surface area contributed by atoms with E-state index in [4.69, 9.17) is 27.9 Å². The number of carbonyl (C=O) groups excluding carboxylic acids is 2. The summed E-state index contributed by atoms with van der Waals surface area (Å²) in [5.74, 6) is -0.0330. The summed E-state index contributed by atoms with van der Waals surface area (Å²) < 4.78 is 5.51. The molecule has 0 aromatic heterocycles. The number of aliphatic hydroxyl groups excluding tert-OH is 1. The number of aliphatic hydroxyl groups is 1. The lowest BCUT2D eigenvalue weighted by Gasteiger charge is -2.24. The molecular weight excluding hydrogens is 427 g/mol. The minimum absolute atomic E-state index is 0.131. The number of fused-ring (bicyclic) bond motifs is 1. The van der Waals surface area contributed by atoms with Crippen molar-refractivity contribution in [1.82, 2.24) is 10.2 Å². The fraction of sp³-hybridized carbons (Fsp3) is 0.364. The first kappa shape index (κ1) is 21.0. The highest BCUT2D eigenvalue weighted by molar-refractivity contribution is 6.35. The second kappa shape index (κ2) is 8.10. The number of halogens is 2. The van der Waals surface area contributed by atoms with Gasteiger partial charge in [-0.15, -0.1) is 0 Å². The summed E-state index contributed by atoms with van der Waals surface area (Å²) in [4.78, 5) is 26.6. The highest BCUT2D eigenvalue weighted by atomic mass is 35.5. The summed E-state index contributed by atoms with van der Waals surface area (Å²) in [6, 6.07) is 10.1. The minimum Gasteiger partial charge on any atom is -0.489 e. The Morgan fingerprint density at radius 3 is 2.70 bits per heavy atom. The molecule has 0 bridgehead atoms. The number of rotatable bonds is 6. The molecule has 0 saturated carbocycles. The van der Waals surface area contributed by atoms with Gasteiger partial charge in [0.2, 0.25) is 0 Å². The number of aryl methyl sites for hydroxylation is 2. The van der Waals surface area contributed by atoms with E-state index in [0.717, 1.165) is 29.7 Å². The zero-order valence-corrected chi connectivity index (χ0v) is 18.0. The average molecular weight is 449 g/mol. The van der Waals surface area contributed by atoms with Crippen molar-refractivity contribution in [2.45, 2.75) is 37.8 Å². The summed E-state index contributed by atoms with van der Waals surface area (Å²) in [5.41, 5.74) is 2.11. The smallest absolute Gasteiger partial charge is 0.325 e. The molecule has 3 amide bonds. The van der Waals surface area contributed by atoms with E-state index < -0.39 is 23.6 Å². The average Bonchev–Trinajstić information content (AvgIpc) is 3.25. The Morgan fingerprint density at radius 2 is 1.93 bits per heavy atom. The zero-order chi connectivity index (χ0) is 21.5. The van der Waals surface area contributed by atoms with Gasteiger partial charge in [0, 0.05) is 5.02 Å². The normalized spacial score (nSPS) is 21.5. The zero-order valence-electron chi connectivity index (χ0n) is 16.5. The Hall–Kier alpha value is -2.28. The first-order valence-electron chi connectivity index (χ1n) is 9.80. The van der Waals surface area contributed by atoms with Crippen molar-refractivity contribution in [3.63, 3.8) is 0 Å². The molecule has 2 unspecified atom stereocenters. The van der Waals surface area contributed by atoms with Crippen molar-refractivity contribution in [2.75, 3.05) is 13.2 Å². The molecule has 2 atom stereocenters. The molecule has 1 fully saturated rings. The molecule has 1 heterocycles. The molecule has 30 heavy (non-hydrogen) atoms. The number of nitrogens with zero attached hydrogens (tertiary/aromatic N) is 1. The van der Waals surface area contributed by atoms with Gasteiger partial charge in [-0.25, -0.2) is 4.79 Å². The van der Waals surface area contributed by atoms with Crippen LogP contribution in [0.3, 0.4) is 0 Å². The maximum Gasteiger partial charge on any atom is 0.325 e. The lowest BCUT2D eigenvalue weighted by atomic mass is 9.89. The Bertz CT molecular complexity index is 1010. The van der Waals surface area contributed by atoms with E-state index in [1.807, 2.05) is 18.2 Å². The van der Waals surface area contributed by atoms with Crippen molar-refractivity contribution >= 4 is 35.1 Å². The molecule has 0 spiro atoms. The molecule has 158 valence electrons. The highest BCUT2D eigenvalue weighted by Gasteiger charge is 2.49. The van der Waals surface area contributed by atoms with Crippen molar-refractivity contribution in [2.24, 2.45) is 0 Å². The van der Waals surface area contributed by atoms with E-state index in [-0.39, 0.29) is 13.2 Å². The quantitative estimate of drug-likeness (QED) is 0.660. The third-order valence-electron chi connectivity index (χ3n) is 5.67. The van der Waals surface area contributed by atoms with Crippen LogP contribution in [-0.2, 0) is 23.2 Å². The van der Waals surface area contributed by atoms with Crippen LogP contribution in [0.15, 0.2) is 36.4 Å². The van der Waals surface area contributed by atoms with Crippen LogP contribution in [0.5, 0.6) is 5.75 Å². The van der Waals surface area contributed by atoms with E-state index in [2.05, 4.69) is 5.32 Å². The van der Waals surface area contributed by atoms with Gasteiger partial charge in [-0.3, -0.25) is 9.69 Å². The van der Waals surface area contributed by atoms with Crippen LogP contribution in [0.1, 0.15) is 30.0 Å². The monoisotopic (exact) mass is 448 g/mol. The fourth-order valence-corrected chi connectivity index (χ4v) is 4.45. The summed E-state index contributed by atoms with van der Waals surface area (Å²) >= 11 is 11.9. The molecule has 2 aromatic carbocycles. The number of carbonyl (C=O) groups is 2. The van der Waals surface area contributed by atoms with Crippen LogP contribution < -0.4 is 10.1 Å². The molecule has 4 rings (SSSR count). The van der Waals surface area contributed by atoms with Gasteiger partial charge >= 0.3 is 6.03 Å². The second-order valence-corrected chi connectivity index (χ2v) is 8.69. The summed E-state index contributed by atoms with van der Waals surface area (Å²) in [6.45, 7) is 1.38. The Balaban J connectivity index is 1.43. The molecule has 2 N–H and O–H groups in total. The number of hydrogen-bond donors (Lipinski definition) is 2. The molecule has 0 radical (unpaired) electrons. The van der Waals surface area contributed by atoms with Crippen LogP contribution in [0.4, 0.5) is 4.79 Å². The van der Waals surface area contributed by atoms with Crippen LogP contribution in [0, 0.1) is 0 Å². The minimum atomic E-state index is -1.16. The molecule has 1 saturated heterocycles. The predicted molar refractivity (Wildman–Crippen MR) is 114 cm³/mol. The van der Waals surface area contributed by atoms with Gasteiger partial charge < -0.3 is 15.2 Å². The molecule has 8 heteroatoms. The number of ether oxygens (including phenoxy) is 1. The van der Waals surface area contributed by atoms with E-state index in [9.17, 15) is 14.7 Å². The Labute approximate surface area is 184 Å². The second-order valence-electron chi connectivity index (χ2n) is 7.85. The van der Waals surface area contributed by atoms with E-state index >= 15 is 0 Å². The van der Waals surface area contributed by atoms with Gasteiger partial charge in [0.25, 0.3) is 5.91 Å². The standard InChI is InChI=1S/C22H22Cl2N2O4/c1-22(15-6-5-13-3-2-4-14(13)9-15)20(28)26(21(29)25-22)11-17(27)12-30-19-8-7-16(23)10-18(19)24/h5-10,17,27H,2-4,11-12H2,1H3,(H,25,29). The highest BCUT2D eigenvalue weighted by Crippen LogP contribution is 2.33. The van der Waals surface area contributed by atoms with Gasteiger partial charge in [0.15, 0.2) is 0 Å². The number of hydrogen-bond acceptors (Lipinski definition) is 4. The lowest BCUT2D eigenvalue weighted by Crippen LogP contribution is -2.42. The predicted octanol–water partition coefficient (Wildman–Crippen LogP) is 3.69. The summed E-state index contributed by atoms with van der Waals surface area (Å²) in [7, 11) is 0. The van der Waals surface area contributed by atoms with Crippen LogP contribution in [-0.4, -0.2) is 41.2 Å². The first-order valence-corrected chi connectivity index (χ1v) is 10.6. The SMILES string of the molecule is CC1(c2ccc3c(c2)CCC3)NC(=O)N(CC(O)COc2ccc(Cl)cc2Cl)C1=O. The molecule has 2 aromatic rings. The van der Waals surface area contributed by atoms with Gasteiger partial charge in [-0.05, 0) is 61.1 Å². The molecule has 1 aliphatic carbocycles. The van der Waals surface area contributed by atoms with Crippen LogP contribution in [0.2, 0.25) is 10.0 Å². The largest absolute Gasteiger partial charge is 0.489 e. The van der Waals surface area contributed by atoms with Gasteiger partial charge in [-0.1, -0.05) is 41.4 Å². The van der Waals surface area contributed by atoms with Crippen molar-refractivity contribution in [3.8, 4) is 5.75 Å². The van der Waals surface area contributed by atoms with Gasteiger partial charge in [-0.2, -0.15) is 0 Å². The van der Waals surface area contributed by atoms with Crippen molar-refractivity contribution in [1.29, 1.82) is 0 Å². The Kier molecular flexibility index (Phi) is 5.66. The van der Waals surface area contributed by atoms with Gasteiger partial charge in [0.05, 0.1) is 11.6 Å². The molecular formula is C22H22Cl2N2O4. The van der Waals surface area contributed by atoms with Crippen LogP contribution >= 0.6 is 23.2 Å². The topological polar surface area (TPSA) is 78.9 Å². The summed E-state index contributed by atoms with van der Waals surface area (Å²) in [5, 5.41) is 13.9. The number of benzene rings is 2. The third-order valence-corrected chi connectivity index (χ3v) is 6.20. The number of urea groups is 1. The van der Waals surface area contributed by atoms with E-state index in [1.54, 1.807) is 19.1 Å². The first-order chi connectivity index (χ1) is 14.3. The maximum absolute atomic E-state index is 13.1. The molecule has 6 nitrogen and oxygen atoms in total. The van der Waals surface area contributed by atoms with Crippen molar-refractivity contribution in [3.05, 3.63) is 63.1 Å². The van der Waals surface area contributed by atoms with E-state index in [1.165, 1.54) is 17.2 Å².